The fourth-order valence-electron chi connectivity index (χ4n) is 9.99. The molecule has 3 aromatic rings. The molecule has 0 aromatic heterocycles. The Balaban J connectivity index is 0.734. The van der Waals surface area contributed by atoms with E-state index in [4.69, 9.17) is 21.6 Å². The van der Waals surface area contributed by atoms with Gasteiger partial charge in [-0.2, -0.15) is 5.26 Å². The number of imide groups is 2. The van der Waals surface area contributed by atoms with Gasteiger partial charge in [0.1, 0.15) is 24.0 Å². The van der Waals surface area contributed by atoms with Gasteiger partial charge in [0.25, 0.3) is 17.7 Å². The summed E-state index contributed by atoms with van der Waals surface area (Å²) in [6, 6.07) is 20.0. The lowest BCUT2D eigenvalue weighted by Crippen LogP contribution is -2.54. The van der Waals surface area contributed by atoms with Gasteiger partial charge in [-0.3, -0.25) is 34.2 Å². The number of halogens is 1. The maximum atomic E-state index is 13.7. The topological polar surface area (TPSA) is 143 Å². The molecule has 2 unspecified atom stereocenters. The molecule has 0 radical (unpaired) electrons. The van der Waals surface area contributed by atoms with Crippen LogP contribution < -0.4 is 15.0 Å². The van der Waals surface area contributed by atoms with Gasteiger partial charge in [0.15, 0.2) is 0 Å². The van der Waals surface area contributed by atoms with Crippen LogP contribution in [-0.4, -0.2) is 101 Å². The molecule has 13 heteroatoms. The summed E-state index contributed by atoms with van der Waals surface area (Å²) in [4.78, 5) is 72.2. The van der Waals surface area contributed by atoms with Crippen LogP contribution in [0.3, 0.4) is 0 Å². The van der Waals surface area contributed by atoms with Crippen LogP contribution >= 0.6 is 11.6 Å². The van der Waals surface area contributed by atoms with Crippen LogP contribution in [0.15, 0.2) is 60.7 Å². The number of benzene rings is 3. The SMILES string of the molecule is N#Cc1ccc(OC2C[C@H]3CC[C@@H](C2)N3C(=O)c2ccc(C#CC3CCN(C4CCN(c5ccc6c(c5)C(=O)N(C5CCC(=O)NC5=O)C6=O)CC4)CC3)cc2)cc1Cl. The summed E-state index contributed by atoms with van der Waals surface area (Å²) in [6.07, 6.45) is 7.68. The molecule has 12 nitrogen and oxygen atoms in total. The Bertz CT molecular complexity index is 2300. The molecule has 3 aromatic carbocycles. The van der Waals surface area contributed by atoms with Gasteiger partial charge < -0.3 is 19.4 Å². The summed E-state index contributed by atoms with van der Waals surface area (Å²) in [7, 11) is 0. The molecule has 0 spiro atoms. The summed E-state index contributed by atoms with van der Waals surface area (Å²) >= 11 is 6.22. The van der Waals surface area contributed by atoms with Crippen molar-refractivity contribution < 1.29 is 28.7 Å². The van der Waals surface area contributed by atoms with Crippen LogP contribution in [0.25, 0.3) is 0 Å². The lowest BCUT2D eigenvalue weighted by atomic mass is 9.93. The van der Waals surface area contributed by atoms with Crippen LogP contribution in [0.4, 0.5) is 5.69 Å². The van der Waals surface area contributed by atoms with E-state index in [0.29, 0.717) is 45.0 Å². The Morgan fingerprint density at radius 1 is 0.780 bits per heavy atom. The monoisotopic (exact) mass is 812 g/mol. The molecule has 59 heavy (non-hydrogen) atoms. The fourth-order valence-corrected chi connectivity index (χ4v) is 10.2. The van der Waals surface area contributed by atoms with Crippen molar-refractivity contribution in [2.45, 2.75) is 94.5 Å². The van der Waals surface area contributed by atoms with Gasteiger partial charge in [-0.05, 0) is 113 Å². The van der Waals surface area contributed by atoms with Crippen molar-refractivity contribution in [2.24, 2.45) is 5.92 Å². The predicted molar refractivity (Wildman–Crippen MR) is 219 cm³/mol. The van der Waals surface area contributed by atoms with Gasteiger partial charge in [-0.25, -0.2) is 0 Å². The van der Waals surface area contributed by atoms with E-state index in [2.05, 4.69) is 37.9 Å². The van der Waals surface area contributed by atoms with E-state index < -0.39 is 29.7 Å². The minimum Gasteiger partial charge on any atom is -0.490 e. The molecule has 2 bridgehead atoms. The van der Waals surface area contributed by atoms with Gasteiger partial charge in [-0.1, -0.05) is 23.4 Å². The van der Waals surface area contributed by atoms with E-state index >= 15 is 0 Å². The van der Waals surface area contributed by atoms with Crippen LogP contribution in [0.5, 0.6) is 5.75 Å². The molecule has 0 saturated carbocycles. The molecule has 5 amide bonds. The average molecular weight is 813 g/mol. The van der Waals surface area contributed by atoms with Gasteiger partial charge >= 0.3 is 0 Å². The third-order valence-electron chi connectivity index (χ3n) is 13.1. The Labute approximate surface area is 348 Å². The highest BCUT2D eigenvalue weighted by molar-refractivity contribution is 6.31. The van der Waals surface area contributed by atoms with Crippen molar-refractivity contribution in [2.75, 3.05) is 31.1 Å². The van der Waals surface area contributed by atoms with Crippen molar-refractivity contribution >= 4 is 46.8 Å². The van der Waals surface area contributed by atoms with E-state index in [0.717, 1.165) is 93.7 Å². The fraction of sp³-hybridized carbons (Fsp3) is 0.435. The molecule has 302 valence electrons. The summed E-state index contributed by atoms with van der Waals surface area (Å²) in [5.74, 6) is 5.94. The van der Waals surface area contributed by atoms with E-state index in [1.165, 1.54) is 0 Å². The predicted octanol–water partition coefficient (Wildman–Crippen LogP) is 5.56. The largest absolute Gasteiger partial charge is 0.490 e. The number of carbonyl (C=O) groups excluding carboxylic acids is 5. The molecule has 9 rings (SSSR count). The molecular weight excluding hydrogens is 768 g/mol. The van der Waals surface area contributed by atoms with Crippen molar-refractivity contribution in [1.82, 2.24) is 20.0 Å². The first kappa shape index (κ1) is 38.8. The molecule has 6 aliphatic heterocycles. The van der Waals surface area contributed by atoms with Crippen molar-refractivity contribution in [3.63, 3.8) is 0 Å². The second-order valence-corrected chi connectivity index (χ2v) is 17.0. The number of amides is 5. The molecule has 6 heterocycles. The Morgan fingerprint density at radius 3 is 2.17 bits per heavy atom. The molecule has 5 fully saturated rings. The minimum atomic E-state index is -0.972. The van der Waals surface area contributed by atoms with Crippen LogP contribution in [0, 0.1) is 29.1 Å². The number of nitriles is 1. The number of rotatable bonds is 6. The third-order valence-corrected chi connectivity index (χ3v) is 13.5. The highest BCUT2D eigenvalue weighted by Crippen LogP contribution is 2.39. The minimum absolute atomic E-state index is 0.00714. The Morgan fingerprint density at radius 2 is 1.49 bits per heavy atom. The number of ether oxygens (including phenoxy) is 1. The number of anilines is 1. The summed E-state index contributed by atoms with van der Waals surface area (Å²) < 4.78 is 6.25. The van der Waals surface area contributed by atoms with Crippen LogP contribution in [0.2, 0.25) is 5.02 Å². The molecule has 5 saturated heterocycles. The highest BCUT2D eigenvalue weighted by Gasteiger charge is 2.46. The zero-order valence-electron chi connectivity index (χ0n) is 32.7. The number of hydrogen-bond donors (Lipinski definition) is 1. The zero-order chi connectivity index (χ0) is 40.8. The van der Waals surface area contributed by atoms with Crippen LogP contribution in [-0.2, 0) is 9.59 Å². The van der Waals surface area contributed by atoms with Gasteiger partial charge in [-0.15, -0.1) is 0 Å². The number of nitrogens with one attached hydrogen (secondary N) is 1. The molecular formula is C46H45ClN6O6. The first-order chi connectivity index (χ1) is 28.6. The van der Waals surface area contributed by atoms with E-state index in [1.807, 2.05) is 30.3 Å². The van der Waals surface area contributed by atoms with E-state index in [-0.39, 0.29) is 36.9 Å². The molecule has 1 N–H and O–H groups in total. The van der Waals surface area contributed by atoms with Gasteiger partial charge in [0.05, 0.1) is 21.7 Å². The molecule has 6 aliphatic rings. The maximum absolute atomic E-state index is 13.7. The zero-order valence-corrected chi connectivity index (χ0v) is 33.5. The summed E-state index contributed by atoms with van der Waals surface area (Å²) in [5.41, 5.74) is 3.52. The first-order valence-corrected chi connectivity index (χ1v) is 21.2. The smallest absolute Gasteiger partial charge is 0.262 e. The second kappa shape index (κ2) is 16.2. The van der Waals surface area contributed by atoms with Crippen molar-refractivity contribution in [3.8, 4) is 23.7 Å². The standard InChI is InChI=1S/C46H45ClN6O6/c47-40-26-36(11-7-31(40)27-48)59-37-23-34-8-9-35(24-37)52(34)44(56)30-5-3-28(4-6-30)1-2-29-15-19-50(20-16-29)32-17-21-51(22-18-32)33-10-12-38-39(25-33)46(58)53(45(38)57)41-13-14-42(54)49-43(41)55/h3-7,10-12,25-26,29,32,34-35,37,41H,8-9,13-24H2,(H,49,54,55)/t34-,35+,37?,41?. The Kier molecular flexibility index (Phi) is 10.6. The lowest BCUT2D eigenvalue weighted by Gasteiger charge is -2.42. The quantitative estimate of drug-likeness (QED) is 0.250. The van der Waals surface area contributed by atoms with E-state index in [9.17, 15) is 24.0 Å². The molecule has 0 aliphatic carbocycles. The first-order valence-electron chi connectivity index (χ1n) is 20.8. The number of fused-ring (bicyclic) bond motifs is 3. The third kappa shape index (κ3) is 7.68. The number of hydrogen-bond acceptors (Lipinski definition) is 9. The normalized spacial score (nSPS) is 25.0. The molecule has 4 atom stereocenters. The van der Waals surface area contributed by atoms with E-state index in [1.54, 1.807) is 30.3 Å². The average Bonchev–Trinajstić information content (AvgIpc) is 3.66. The van der Waals surface area contributed by atoms with Gasteiger partial charge in [0.2, 0.25) is 11.8 Å². The van der Waals surface area contributed by atoms with Crippen LogP contribution in [0.1, 0.15) is 106 Å². The Hall–Kier alpha value is -5.69. The maximum Gasteiger partial charge on any atom is 0.262 e. The highest BCUT2D eigenvalue weighted by atomic mass is 35.5. The lowest BCUT2D eigenvalue weighted by molar-refractivity contribution is -0.136. The van der Waals surface area contributed by atoms with Crippen molar-refractivity contribution in [3.05, 3.63) is 93.5 Å². The summed E-state index contributed by atoms with van der Waals surface area (Å²) in [6.45, 7) is 3.66. The summed E-state index contributed by atoms with van der Waals surface area (Å²) in [5, 5.41) is 11.8. The van der Waals surface area contributed by atoms with Gasteiger partial charge in [0, 0.05) is 79.3 Å². The van der Waals surface area contributed by atoms with Crippen molar-refractivity contribution in [1.29, 1.82) is 5.26 Å². The number of piperidine rings is 4. The second-order valence-electron chi connectivity index (χ2n) is 16.6. The number of likely N-dealkylation sites (tertiary alicyclic amines) is 1. The number of nitrogens with zero attached hydrogens (tertiary/aromatic N) is 5. The number of carbonyl (C=O) groups is 5.